The van der Waals surface area contributed by atoms with Crippen LogP contribution in [0.1, 0.15) is 15.9 Å². The second-order valence-corrected chi connectivity index (χ2v) is 4.67. The number of amides is 1. The fraction of sp³-hybridized carbons (Fsp3) is 0.143. The van der Waals surface area contributed by atoms with Gasteiger partial charge in [0, 0.05) is 23.8 Å². The summed E-state index contributed by atoms with van der Waals surface area (Å²) in [5.41, 5.74) is 8.34. The van der Waals surface area contributed by atoms with Gasteiger partial charge >= 0.3 is 0 Å². The number of benzene rings is 1. The molecule has 0 radical (unpaired) electrons. The van der Waals surface area contributed by atoms with Crippen LogP contribution in [-0.4, -0.2) is 17.9 Å². The molecule has 1 heterocycles. The third-order valence-corrected chi connectivity index (χ3v) is 3.32. The number of hydrogen-bond acceptors (Lipinski definition) is 3. The highest BCUT2D eigenvalue weighted by Gasteiger charge is 2.16. The highest BCUT2D eigenvalue weighted by atomic mass is 35.5. The molecule has 1 amide bonds. The molecule has 0 unspecified atom stereocenters. The first kappa shape index (κ1) is 13.4. The van der Waals surface area contributed by atoms with Crippen molar-refractivity contribution in [2.45, 2.75) is 6.92 Å². The maximum absolute atomic E-state index is 12.4. The molecule has 1 aromatic heterocycles. The number of halogens is 1. The summed E-state index contributed by atoms with van der Waals surface area (Å²) in [6, 6.07) is 6.88. The van der Waals surface area contributed by atoms with Gasteiger partial charge in [-0.25, -0.2) is 0 Å². The van der Waals surface area contributed by atoms with Crippen LogP contribution in [0.4, 0.5) is 11.4 Å². The Morgan fingerprint density at radius 1 is 1.37 bits per heavy atom. The van der Waals surface area contributed by atoms with Crippen LogP contribution in [0.25, 0.3) is 0 Å². The highest BCUT2D eigenvalue weighted by Crippen LogP contribution is 2.23. The molecule has 1 aromatic carbocycles. The van der Waals surface area contributed by atoms with E-state index in [9.17, 15) is 4.79 Å². The lowest BCUT2D eigenvalue weighted by Gasteiger charge is -2.19. The van der Waals surface area contributed by atoms with Crippen LogP contribution < -0.4 is 10.6 Å². The molecule has 19 heavy (non-hydrogen) atoms. The van der Waals surface area contributed by atoms with E-state index in [1.54, 1.807) is 37.5 Å². The number of rotatable bonds is 2. The maximum atomic E-state index is 12.4. The van der Waals surface area contributed by atoms with Crippen molar-refractivity contribution in [1.82, 2.24) is 4.98 Å². The normalized spacial score (nSPS) is 10.3. The molecule has 98 valence electrons. The third-order valence-electron chi connectivity index (χ3n) is 2.90. The Kier molecular flexibility index (Phi) is 3.71. The lowest BCUT2D eigenvalue weighted by molar-refractivity contribution is 0.0993. The second kappa shape index (κ2) is 5.28. The molecule has 0 spiro atoms. The molecule has 0 fully saturated rings. The average molecular weight is 276 g/mol. The molecule has 4 nitrogen and oxygen atoms in total. The summed E-state index contributed by atoms with van der Waals surface area (Å²) in [6.45, 7) is 1.86. The van der Waals surface area contributed by atoms with Gasteiger partial charge in [-0.15, -0.1) is 0 Å². The van der Waals surface area contributed by atoms with Crippen LogP contribution in [-0.2, 0) is 0 Å². The van der Waals surface area contributed by atoms with Crippen molar-refractivity contribution in [2.75, 3.05) is 17.7 Å². The lowest BCUT2D eigenvalue weighted by atomic mass is 10.1. The lowest BCUT2D eigenvalue weighted by Crippen LogP contribution is -2.27. The van der Waals surface area contributed by atoms with Crippen LogP contribution in [0.2, 0.25) is 5.02 Å². The molecule has 0 aliphatic heterocycles. The molecule has 0 aliphatic carbocycles. The Bertz CT molecular complexity index is 628. The number of carbonyl (C=O) groups excluding carboxylic acids is 1. The number of pyridine rings is 1. The van der Waals surface area contributed by atoms with E-state index in [4.69, 9.17) is 17.3 Å². The van der Waals surface area contributed by atoms with Gasteiger partial charge in [0.15, 0.2) is 0 Å². The Morgan fingerprint density at radius 3 is 2.74 bits per heavy atom. The zero-order valence-electron chi connectivity index (χ0n) is 10.7. The minimum atomic E-state index is -0.141. The minimum Gasteiger partial charge on any atom is -0.396 e. The summed E-state index contributed by atoms with van der Waals surface area (Å²) in [6.07, 6.45) is 3.12. The Hall–Kier alpha value is -2.07. The number of aromatic nitrogens is 1. The smallest absolute Gasteiger partial charge is 0.258 e. The van der Waals surface area contributed by atoms with Crippen LogP contribution >= 0.6 is 11.6 Å². The number of hydrogen-bond donors (Lipinski definition) is 1. The highest BCUT2D eigenvalue weighted by molar-refractivity contribution is 6.31. The van der Waals surface area contributed by atoms with E-state index in [1.165, 1.54) is 11.1 Å². The number of nitrogen functional groups attached to an aromatic ring is 1. The predicted molar refractivity (Wildman–Crippen MR) is 77.6 cm³/mol. The standard InChI is InChI=1S/C14H14ClN3O/c1-9-7-10(3-4-11(9)15)14(19)18(2)13-5-6-17-8-12(13)16/h3-8H,16H2,1-2H3. The largest absolute Gasteiger partial charge is 0.396 e. The first-order valence-corrected chi connectivity index (χ1v) is 6.12. The van der Waals surface area contributed by atoms with E-state index in [0.29, 0.717) is 22.0 Å². The summed E-state index contributed by atoms with van der Waals surface area (Å²) in [5.74, 6) is -0.141. The van der Waals surface area contributed by atoms with Gasteiger partial charge in [-0.05, 0) is 36.8 Å². The number of aryl methyl sites for hydroxylation is 1. The first-order valence-electron chi connectivity index (χ1n) is 5.74. The summed E-state index contributed by atoms with van der Waals surface area (Å²) in [7, 11) is 1.68. The van der Waals surface area contributed by atoms with Gasteiger partial charge in [0.2, 0.25) is 0 Å². The van der Waals surface area contributed by atoms with Gasteiger partial charge in [0.05, 0.1) is 17.6 Å². The number of nitrogens with zero attached hydrogens (tertiary/aromatic N) is 2. The molecular formula is C14H14ClN3O. The van der Waals surface area contributed by atoms with Gasteiger partial charge in [-0.1, -0.05) is 11.6 Å². The number of anilines is 2. The van der Waals surface area contributed by atoms with Gasteiger partial charge in [-0.2, -0.15) is 0 Å². The van der Waals surface area contributed by atoms with E-state index in [0.717, 1.165) is 5.56 Å². The topological polar surface area (TPSA) is 59.2 Å². The van der Waals surface area contributed by atoms with Crippen molar-refractivity contribution in [3.63, 3.8) is 0 Å². The zero-order chi connectivity index (χ0) is 14.0. The van der Waals surface area contributed by atoms with Gasteiger partial charge in [-0.3, -0.25) is 9.78 Å². The molecule has 0 bridgehead atoms. The monoisotopic (exact) mass is 275 g/mol. The molecule has 0 saturated carbocycles. The SMILES string of the molecule is Cc1cc(C(=O)N(C)c2ccncc2N)ccc1Cl. The molecule has 2 rings (SSSR count). The maximum Gasteiger partial charge on any atom is 0.258 e. The molecule has 0 atom stereocenters. The first-order chi connectivity index (χ1) is 9.00. The average Bonchev–Trinajstić information content (AvgIpc) is 2.41. The van der Waals surface area contributed by atoms with Gasteiger partial charge in [0.1, 0.15) is 0 Å². The minimum absolute atomic E-state index is 0.141. The van der Waals surface area contributed by atoms with Crippen molar-refractivity contribution in [3.05, 3.63) is 52.8 Å². The molecule has 0 saturated heterocycles. The van der Waals surface area contributed by atoms with Gasteiger partial charge < -0.3 is 10.6 Å². The summed E-state index contributed by atoms with van der Waals surface area (Å²) in [4.78, 5) is 17.8. The van der Waals surface area contributed by atoms with E-state index in [-0.39, 0.29) is 5.91 Å². The molecule has 2 aromatic rings. The third kappa shape index (κ3) is 2.69. The zero-order valence-corrected chi connectivity index (χ0v) is 11.5. The Balaban J connectivity index is 2.34. The number of nitrogens with two attached hydrogens (primary N) is 1. The van der Waals surface area contributed by atoms with Crippen molar-refractivity contribution in [2.24, 2.45) is 0 Å². The van der Waals surface area contributed by atoms with Crippen molar-refractivity contribution in [3.8, 4) is 0 Å². The Labute approximate surface area is 116 Å². The summed E-state index contributed by atoms with van der Waals surface area (Å²) >= 11 is 5.95. The van der Waals surface area contributed by atoms with Crippen LogP contribution in [0.3, 0.4) is 0 Å². The van der Waals surface area contributed by atoms with Crippen LogP contribution in [0.5, 0.6) is 0 Å². The van der Waals surface area contributed by atoms with E-state index >= 15 is 0 Å². The summed E-state index contributed by atoms with van der Waals surface area (Å²) < 4.78 is 0. The van der Waals surface area contributed by atoms with E-state index in [2.05, 4.69) is 4.98 Å². The molecular weight excluding hydrogens is 262 g/mol. The van der Waals surface area contributed by atoms with Crippen molar-refractivity contribution in [1.29, 1.82) is 0 Å². The second-order valence-electron chi connectivity index (χ2n) is 4.26. The fourth-order valence-electron chi connectivity index (χ4n) is 1.79. The molecule has 5 heteroatoms. The van der Waals surface area contributed by atoms with E-state index < -0.39 is 0 Å². The number of carbonyl (C=O) groups is 1. The quantitative estimate of drug-likeness (QED) is 0.917. The molecule has 2 N–H and O–H groups in total. The van der Waals surface area contributed by atoms with Gasteiger partial charge in [0.25, 0.3) is 5.91 Å². The summed E-state index contributed by atoms with van der Waals surface area (Å²) in [5, 5.41) is 0.641. The Morgan fingerprint density at radius 2 is 2.11 bits per heavy atom. The van der Waals surface area contributed by atoms with Crippen molar-refractivity contribution < 1.29 is 4.79 Å². The van der Waals surface area contributed by atoms with E-state index in [1.807, 2.05) is 6.92 Å². The van der Waals surface area contributed by atoms with Crippen molar-refractivity contribution >= 4 is 28.9 Å². The van der Waals surface area contributed by atoms with Crippen LogP contribution in [0.15, 0.2) is 36.7 Å². The predicted octanol–water partition coefficient (Wildman–Crippen LogP) is 2.90. The molecule has 0 aliphatic rings. The van der Waals surface area contributed by atoms with Crippen LogP contribution in [0, 0.1) is 6.92 Å². The fourth-order valence-corrected chi connectivity index (χ4v) is 1.90.